The Bertz CT molecular complexity index is 763. The normalized spacial score (nSPS) is 34.2. The number of rotatable bonds is 8. The number of amides is 1. The molecule has 32 heavy (non-hydrogen) atoms. The largest absolute Gasteiger partial charge is 0.388 e. The molecule has 1 aromatic rings. The van der Waals surface area contributed by atoms with Crippen molar-refractivity contribution in [3.05, 3.63) is 36.2 Å². The Morgan fingerprint density at radius 2 is 2.00 bits per heavy atom. The second-order valence-electron chi connectivity index (χ2n) is 8.94. The van der Waals surface area contributed by atoms with E-state index in [9.17, 15) is 20.1 Å². The highest BCUT2D eigenvalue weighted by Gasteiger charge is 2.47. The van der Waals surface area contributed by atoms with Gasteiger partial charge in [0.15, 0.2) is 0 Å². The molecule has 0 aromatic carbocycles. The molecule has 3 unspecified atom stereocenters. The fourth-order valence-electron chi connectivity index (χ4n) is 4.32. The monoisotopic (exact) mass is 465 g/mol. The van der Waals surface area contributed by atoms with Gasteiger partial charge in [-0.1, -0.05) is 26.0 Å². The summed E-state index contributed by atoms with van der Waals surface area (Å²) in [5.74, 6) is 0.182. The smallest absolute Gasteiger partial charge is 0.237 e. The molecule has 8 nitrogen and oxygen atoms in total. The minimum absolute atomic E-state index is 0.0379. The van der Waals surface area contributed by atoms with Crippen LogP contribution in [0.15, 0.2) is 30.6 Å². The van der Waals surface area contributed by atoms with Gasteiger partial charge in [0.2, 0.25) is 5.91 Å². The summed E-state index contributed by atoms with van der Waals surface area (Å²) in [6.45, 7) is 4.62. The van der Waals surface area contributed by atoms with Crippen LogP contribution in [0.25, 0.3) is 6.08 Å². The van der Waals surface area contributed by atoms with Crippen molar-refractivity contribution in [2.75, 3.05) is 12.8 Å². The van der Waals surface area contributed by atoms with Crippen LogP contribution in [-0.2, 0) is 9.53 Å². The number of aliphatic hydroxyl groups is 3. The lowest BCUT2D eigenvalue weighted by Gasteiger charge is -2.44. The van der Waals surface area contributed by atoms with Crippen molar-refractivity contribution >= 4 is 23.7 Å². The van der Waals surface area contributed by atoms with Crippen LogP contribution in [0.4, 0.5) is 0 Å². The standard InChI is InChI=1S/C23H35N3O5S/c1-13(2)17(21-19(28)18(27)20(29)23(31-21)32-3)26-22(30)16-11-15(12-25-16)6-4-5-14-7-9-24-10-8-14/h4-5,7-10,13,15-21,23,25,27-29H,6,11-12H2,1-3H3,(H,26,30)/b5-4+/t15-,16+,17-,18+,19-,20?,21?,23?/m1/s1. The molecule has 0 saturated carbocycles. The van der Waals surface area contributed by atoms with E-state index in [4.69, 9.17) is 4.74 Å². The number of carbonyl (C=O) groups excluding carboxylic acids is 1. The predicted molar refractivity (Wildman–Crippen MR) is 125 cm³/mol. The summed E-state index contributed by atoms with van der Waals surface area (Å²) in [7, 11) is 0. The fraction of sp³-hybridized carbons (Fsp3) is 0.652. The van der Waals surface area contributed by atoms with Gasteiger partial charge in [-0.25, -0.2) is 0 Å². The van der Waals surface area contributed by atoms with E-state index in [1.54, 1.807) is 18.6 Å². The summed E-state index contributed by atoms with van der Waals surface area (Å²) in [5, 5.41) is 37.2. The van der Waals surface area contributed by atoms with Crippen LogP contribution in [0, 0.1) is 11.8 Å². The molecule has 0 radical (unpaired) electrons. The van der Waals surface area contributed by atoms with Crippen molar-refractivity contribution in [3.8, 4) is 0 Å². The second-order valence-corrected chi connectivity index (χ2v) is 9.87. The highest BCUT2D eigenvalue weighted by atomic mass is 32.2. The van der Waals surface area contributed by atoms with Gasteiger partial charge >= 0.3 is 0 Å². The molecule has 1 aromatic heterocycles. The van der Waals surface area contributed by atoms with Crippen LogP contribution >= 0.6 is 11.8 Å². The molecule has 1 amide bonds. The highest BCUT2D eigenvalue weighted by Crippen LogP contribution is 2.30. The zero-order valence-corrected chi connectivity index (χ0v) is 19.6. The molecule has 5 N–H and O–H groups in total. The zero-order valence-electron chi connectivity index (χ0n) is 18.8. The van der Waals surface area contributed by atoms with E-state index in [-0.39, 0.29) is 17.9 Å². The zero-order chi connectivity index (χ0) is 23.3. The van der Waals surface area contributed by atoms with Crippen molar-refractivity contribution in [1.82, 2.24) is 15.6 Å². The molecule has 3 heterocycles. The van der Waals surface area contributed by atoms with Crippen LogP contribution in [-0.4, -0.2) is 80.9 Å². The molecule has 0 bridgehead atoms. The predicted octanol–water partition coefficient (Wildman–Crippen LogP) is 0.774. The van der Waals surface area contributed by atoms with E-state index >= 15 is 0 Å². The maximum atomic E-state index is 13.0. The second kappa shape index (κ2) is 11.6. The van der Waals surface area contributed by atoms with Crippen molar-refractivity contribution in [3.63, 3.8) is 0 Å². The van der Waals surface area contributed by atoms with Crippen LogP contribution in [0.5, 0.6) is 0 Å². The lowest BCUT2D eigenvalue weighted by Crippen LogP contribution is -2.64. The number of allylic oxidation sites excluding steroid dienone is 1. The van der Waals surface area contributed by atoms with Gasteiger partial charge in [-0.15, -0.1) is 11.8 Å². The Balaban J connectivity index is 1.56. The third-order valence-corrected chi connectivity index (χ3v) is 7.10. The first-order valence-electron chi connectivity index (χ1n) is 11.1. The lowest BCUT2D eigenvalue weighted by molar-refractivity contribution is -0.208. The Hall–Kier alpha value is -1.49. The van der Waals surface area contributed by atoms with E-state index in [0.29, 0.717) is 5.92 Å². The van der Waals surface area contributed by atoms with Gasteiger partial charge in [-0.3, -0.25) is 9.78 Å². The number of ether oxygens (including phenoxy) is 1. The summed E-state index contributed by atoms with van der Waals surface area (Å²) in [4.78, 5) is 17.0. The Morgan fingerprint density at radius 3 is 2.66 bits per heavy atom. The number of nitrogens with zero attached hydrogens (tertiary/aromatic N) is 1. The van der Waals surface area contributed by atoms with E-state index in [0.717, 1.165) is 24.9 Å². The van der Waals surface area contributed by atoms with E-state index < -0.39 is 35.9 Å². The average Bonchev–Trinajstić information content (AvgIpc) is 3.26. The molecular weight excluding hydrogens is 430 g/mol. The van der Waals surface area contributed by atoms with Crippen molar-refractivity contribution in [2.45, 2.75) is 68.6 Å². The molecule has 0 aliphatic carbocycles. The molecule has 2 saturated heterocycles. The molecular formula is C23H35N3O5S. The highest BCUT2D eigenvalue weighted by molar-refractivity contribution is 7.99. The topological polar surface area (TPSA) is 124 Å². The van der Waals surface area contributed by atoms with Crippen LogP contribution in [0.3, 0.4) is 0 Å². The van der Waals surface area contributed by atoms with Gasteiger partial charge in [0.05, 0.1) is 12.1 Å². The first kappa shape index (κ1) is 25.1. The SMILES string of the molecule is CSC1OC([C@H](NC(=O)[C@@H]2C[C@@H](C/C=C/c3ccncc3)CN2)C(C)C)[C@H](O)[C@H](O)C1O. The van der Waals surface area contributed by atoms with E-state index in [1.807, 2.05) is 26.0 Å². The van der Waals surface area contributed by atoms with Gasteiger partial charge in [-0.05, 0) is 55.2 Å². The first-order chi connectivity index (χ1) is 15.3. The number of hydrogen-bond acceptors (Lipinski definition) is 8. The first-order valence-corrected chi connectivity index (χ1v) is 12.4. The van der Waals surface area contributed by atoms with Crippen molar-refractivity contribution in [2.24, 2.45) is 11.8 Å². The summed E-state index contributed by atoms with van der Waals surface area (Å²) in [6, 6.07) is 3.08. The number of thioether (sulfide) groups is 1. The number of hydrogen-bond donors (Lipinski definition) is 5. The molecule has 8 atom stereocenters. The molecule has 0 spiro atoms. The maximum Gasteiger partial charge on any atom is 0.237 e. The Labute approximate surface area is 193 Å². The van der Waals surface area contributed by atoms with Gasteiger partial charge in [0.25, 0.3) is 0 Å². The third kappa shape index (κ3) is 6.09. The van der Waals surface area contributed by atoms with Gasteiger partial charge in [0, 0.05) is 12.4 Å². The quantitative estimate of drug-likeness (QED) is 0.382. The number of nitrogens with one attached hydrogen (secondary N) is 2. The molecule has 2 fully saturated rings. The summed E-state index contributed by atoms with van der Waals surface area (Å²) in [5.41, 5.74) is 0.430. The maximum absolute atomic E-state index is 13.0. The molecule has 2 aliphatic rings. The fourth-order valence-corrected chi connectivity index (χ4v) is 5.00. The Morgan fingerprint density at radius 1 is 1.28 bits per heavy atom. The van der Waals surface area contributed by atoms with Crippen LogP contribution in [0.1, 0.15) is 32.3 Å². The molecule has 178 valence electrons. The molecule has 2 aliphatic heterocycles. The van der Waals surface area contributed by atoms with Crippen LogP contribution < -0.4 is 10.6 Å². The van der Waals surface area contributed by atoms with Gasteiger partial charge < -0.3 is 30.7 Å². The molecule has 9 heteroatoms. The molecule has 3 rings (SSSR count). The summed E-state index contributed by atoms with van der Waals surface area (Å²) in [6.07, 6.45) is 6.46. The number of pyridine rings is 1. The number of aromatic nitrogens is 1. The minimum Gasteiger partial charge on any atom is -0.388 e. The van der Waals surface area contributed by atoms with Crippen LogP contribution in [0.2, 0.25) is 0 Å². The minimum atomic E-state index is -1.33. The van der Waals surface area contributed by atoms with E-state index in [1.165, 1.54) is 11.8 Å². The number of aliphatic hydroxyl groups excluding tert-OH is 3. The van der Waals surface area contributed by atoms with Gasteiger partial charge in [-0.2, -0.15) is 0 Å². The Kier molecular flexibility index (Phi) is 9.10. The van der Waals surface area contributed by atoms with Crippen molar-refractivity contribution < 1.29 is 24.9 Å². The summed E-state index contributed by atoms with van der Waals surface area (Å²) >= 11 is 1.26. The van der Waals surface area contributed by atoms with Gasteiger partial charge in [0.1, 0.15) is 29.9 Å². The summed E-state index contributed by atoms with van der Waals surface area (Å²) < 4.78 is 5.89. The lowest BCUT2D eigenvalue weighted by atomic mass is 9.88. The van der Waals surface area contributed by atoms with E-state index in [2.05, 4.69) is 27.8 Å². The third-order valence-electron chi connectivity index (χ3n) is 6.24. The average molecular weight is 466 g/mol. The van der Waals surface area contributed by atoms with Crippen molar-refractivity contribution in [1.29, 1.82) is 0 Å². The number of carbonyl (C=O) groups is 1.